The van der Waals surface area contributed by atoms with Crippen molar-refractivity contribution in [2.75, 3.05) is 13.1 Å². The fourth-order valence-electron chi connectivity index (χ4n) is 2.93. The number of nitrogens with zero attached hydrogens (tertiary/aromatic N) is 1. The number of aryl methyl sites for hydroxylation is 1. The van der Waals surface area contributed by atoms with Crippen molar-refractivity contribution >= 4 is 17.5 Å². The lowest BCUT2D eigenvalue weighted by atomic mass is 10.1. The minimum atomic E-state index is 0.146. The number of amides is 1. The molecule has 3 rings (SSSR count). The highest BCUT2D eigenvalue weighted by molar-refractivity contribution is 6.31. The first-order chi connectivity index (χ1) is 9.72. The molecule has 0 aromatic heterocycles. The zero-order valence-corrected chi connectivity index (χ0v) is 12.4. The minimum Gasteiger partial charge on any atom is -0.352 e. The van der Waals surface area contributed by atoms with E-state index in [0.29, 0.717) is 18.9 Å². The third-order valence-corrected chi connectivity index (χ3v) is 4.60. The largest absolute Gasteiger partial charge is 0.352 e. The Morgan fingerprint density at radius 1 is 1.30 bits per heavy atom. The Labute approximate surface area is 125 Å². The van der Waals surface area contributed by atoms with Crippen LogP contribution in [0.15, 0.2) is 24.3 Å². The van der Waals surface area contributed by atoms with Crippen molar-refractivity contribution in [1.29, 1.82) is 0 Å². The van der Waals surface area contributed by atoms with Gasteiger partial charge in [0, 0.05) is 36.6 Å². The molecule has 0 radical (unpaired) electrons. The van der Waals surface area contributed by atoms with Crippen LogP contribution >= 0.6 is 11.6 Å². The van der Waals surface area contributed by atoms with Crippen molar-refractivity contribution in [2.24, 2.45) is 0 Å². The van der Waals surface area contributed by atoms with E-state index >= 15 is 0 Å². The molecule has 108 valence electrons. The standard InChI is InChI=1S/C16H21ClN2O/c17-15-4-2-1-3-12(15)5-8-16(20)18-13-9-10-19(11-13)14-6-7-14/h1-4,13-14H,5-11H2,(H,18,20). The first-order valence-electron chi connectivity index (χ1n) is 7.49. The molecule has 1 aromatic carbocycles. The molecular formula is C16H21ClN2O. The molecule has 3 nitrogen and oxygen atoms in total. The normalized spacial score (nSPS) is 22.9. The van der Waals surface area contributed by atoms with Gasteiger partial charge < -0.3 is 5.32 Å². The summed E-state index contributed by atoms with van der Waals surface area (Å²) in [6, 6.07) is 8.88. The molecule has 2 aliphatic rings. The molecule has 0 bridgehead atoms. The fraction of sp³-hybridized carbons (Fsp3) is 0.562. The number of likely N-dealkylation sites (tertiary alicyclic amines) is 1. The van der Waals surface area contributed by atoms with E-state index in [1.165, 1.54) is 12.8 Å². The van der Waals surface area contributed by atoms with Crippen molar-refractivity contribution in [3.05, 3.63) is 34.9 Å². The molecule has 1 amide bonds. The van der Waals surface area contributed by atoms with Crippen LogP contribution in [0, 0.1) is 0 Å². The van der Waals surface area contributed by atoms with Gasteiger partial charge in [0.2, 0.25) is 5.91 Å². The van der Waals surface area contributed by atoms with Crippen LogP contribution in [0.25, 0.3) is 0 Å². The summed E-state index contributed by atoms with van der Waals surface area (Å²) in [5.74, 6) is 0.146. The van der Waals surface area contributed by atoms with Crippen molar-refractivity contribution in [1.82, 2.24) is 10.2 Å². The molecule has 1 aromatic rings. The molecule has 1 saturated heterocycles. The Morgan fingerprint density at radius 3 is 2.85 bits per heavy atom. The van der Waals surface area contributed by atoms with Crippen LogP contribution in [-0.2, 0) is 11.2 Å². The molecule has 0 spiro atoms. The van der Waals surface area contributed by atoms with E-state index in [0.717, 1.165) is 36.1 Å². The van der Waals surface area contributed by atoms with E-state index in [4.69, 9.17) is 11.6 Å². The summed E-state index contributed by atoms with van der Waals surface area (Å²) in [7, 11) is 0. The van der Waals surface area contributed by atoms with Gasteiger partial charge in [0.15, 0.2) is 0 Å². The Kier molecular flexibility index (Phi) is 4.27. The summed E-state index contributed by atoms with van der Waals surface area (Å²) >= 11 is 6.10. The second kappa shape index (κ2) is 6.15. The van der Waals surface area contributed by atoms with Crippen LogP contribution in [0.5, 0.6) is 0 Å². The maximum absolute atomic E-state index is 12.0. The fourth-order valence-corrected chi connectivity index (χ4v) is 3.16. The van der Waals surface area contributed by atoms with E-state index in [1.807, 2.05) is 24.3 Å². The number of hydrogen-bond donors (Lipinski definition) is 1. The van der Waals surface area contributed by atoms with Crippen LogP contribution in [0.3, 0.4) is 0 Å². The highest BCUT2D eigenvalue weighted by atomic mass is 35.5. The lowest BCUT2D eigenvalue weighted by Gasteiger charge is -2.15. The molecule has 1 saturated carbocycles. The number of carbonyl (C=O) groups is 1. The summed E-state index contributed by atoms with van der Waals surface area (Å²) in [5.41, 5.74) is 1.05. The van der Waals surface area contributed by atoms with Crippen molar-refractivity contribution in [3.63, 3.8) is 0 Å². The van der Waals surface area contributed by atoms with Gasteiger partial charge >= 0.3 is 0 Å². The van der Waals surface area contributed by atoms with Gasteiger partial charge in [-0.15, -0.1) is 0 Å². The average Bonchev–Trinajstić information content (AvgIpc) is 3.19. The molecule has 1 aliphatic heterocycles. The van der Waals surface area contributed by atoms with Crippen LogP contribution < -0.4 is 5.32 Å². The van der Waals surface area contributed by atoms with Gasteiger partial charge in [-0.25, -0.2) is 0 Å². The number of halogens is 1. The molecule has 20 heavy (non-hydrogen) atoms. The zero-order chi connectivity index (χ0) is 13.9. The Balaban J connectivity index is 1.42. The Bertz CT molecular complexity index is 487. The molecule has 1 aliphatic carbocycles. The van der Waals surface area contributed by atoms with Crippen LogP contribution in [0.4, 0.5) is 0 Å². The highest BCUT2D eigenvalue weighted by Gasteiger charge is 2.34. The van der Waals surface area contributed by atoms with Crippen molar-refractivity contribution in [3.8, 4) is 0 Å². The second-order valence-corrected chi connectivity index (χ2v) is 6.28. The lowest BCUT2D eigenvalue weighted by molar-refractivity contribution is -0.121. The van der Waals surface area contributed by atoms with Crippen LogP contribution in [0.1, 0.15) is 31.2 Å². The van der Waals surface area contributed by atoms with Gasteiger partial charge in [-0.1, -0.05) is 29.8 Å². The minimum absolute atomic E-state index is 0.146. The molecule has 1 unspecified atom stereocenters. The number of nitrogens with one attached hydrogen (secondary N) is 1. The monoisotopic (exact) mass is 292 g/mol. The maximum atomic E-state index is 12.0. The highest BCUT2D eigenvalue weighted by Crippen LogP contribution is 2.29. The summed E-state index contributed by atoms with van der Waals surface area (Å²) in [6.07, 6.45) is 5.00. The zero-order valence-electron chi connectivity index (χ0n) is 11.6. The van der Waals surface area contributed by atoms with E-state index < -0.39 is 0 Å². The molecule has 1 heterocycles. The second-order valence-electron chi connectivity index (χ2n) is 5.87. The van der Waals surface area contributed by atoms with Gasteiger partial charge in [0.25, 0.3) is 0 Å². The predicted molar refractivity (Wildman–Crippen MR) is 80.9 cm³/mol. The number of rotatable bonds is 5. The molecule has 4 heteroatoms. The van der Waals surface area contributed by atoms with Crippen molar-refractivity contribution in [2.45, 2.75) is 44.2 Å². The molecule has 1 N–H and O–H groups in total. The number of hydrogen-bond acceptors (Lipinski definition) is 2. The van der Waals surface area contributed by atoms with Crippen LogP contribution in [0.2, 0.25) is 5.02 Å². The summed E-state index contributed by atoms with van der Waals surface area (Å²) in [4.78, 5) is 14.5. The lowest BCUT2D eigenvalue weighted by Crippen LogP contribution is -2.37. The molecular weight excluding hydrogens is 272 g/mol. The number of benzene rings is 1. The first-order valence-corrected chi connectivity index (χ1v) is 7.87. The van der Waals surface area contributed by atoms with Gasteiger partial charge in [0.05, 0.1) is 0 Å². The van der Waals surface area contributed by atoms with Gasteiger partial charge in [-0.2, -0.15) is 0 Å². The quantitative estimate of drug-likeness (QED) is 0.905. The summed E-state index contributed by atoms with van der Waals surface area (Å²) < 4.78 is 0. The Hall–Kier alpha value is -1.06. The van der Waals surface area contributed by atoms with E-state index in [2.05, 4.69) is 10.2 Å². The van der Waals surface area contributed by atoms with Gasteiger partial charge in [-0.3, -0.25) is 9.69 Å². The first kappa shape index (κ1) is 13.9. The topological polar surface area (TPSA) is 32.3 Å². The summed E-state index contributed by atoms with van der Waals surface area (Å²) in [6.45, 7) is 2.17. The van der Waals surface area contributed by atoms with Gasteiger partial charge in [-0.05, 0) is 37.3 Å². The smallest absolute Gasteiger partial charge is 0.220 e. The van der Waals surface area contributed by atoms with E-state index in [1.54, 1.807) is 0 Å². The molecule has 2 fully saturated rings. The van der Waals surface area contributed by atoms with Gasteiger partial charge in [0.1, 0.15) is 0 Å². The SMILES string of the molecule is O=C(CCc1ccccc1Cl)NC1CCN(C2CC2)C1. The van der Waals surface area contributed by atoms with E-state index in [-0.39, 0.29) is 5.91 Å². The third-order valence-electron chi connectivity index (χ3n) is 4.23. The number of carbonyl (C=O) groups excluding carboxylic acids is 1. The maximum Gasteiger partial charge on any atom is 0.220 e. The molecule has 1 atom stereocenters. The average molecular weight is 293 g/mol. The summed E-state index contributed by atoms with van der Waals surface area (Å²) in [5, 5.41) is 3.91. The Morgan fingerprint density at radius 2 is 2.10 bits per heavy atom. The van der Waals surface area contributed by atoms with Crippen LogP contribution in [-0.4, -0.2) is 36.0 Å². The third kappa shape index (κ3) is 3.53. The van der Waals surface area contributed by atoms with Crippen molar-refractivity contribution < 1.29 is 4.79 Å². The predicted octanol–water partition coefficient (Wildman–Crippen LogP) is 2.63. The van der Waals surface area contributed by atoms with E-state index in [9.17, 15) is 4.79 Å².